The van der Waals surface area contributed by atoms with Crippen LogP contribution in [0.4, 0.5) is 5.69 Å². The highest BCUT2D eigenvalue weighted by Gasteiger charge is 2.10. The van der Waals surface area contributed by atoms with Crippen molar-refractivity contribution < 1.29 is 0 Å². The standard InChI is InChI=1S/C12H18Cl2N2/c1-4-16(9-8-15(2)3)11-7-5-6-10(13)12(11)14/h5-7H,4,8-9H2,1-3H3. The number of nitrogens with zero attached hydrogens (tertiary/aromatic N) is 2. The number of anilines is 1. The molecule has 0 amide bonds. The summed E-state index contributed by atoms with van der Waals surface area (Å²) in [5.74, 6) is 0. The Balaban J connectivity index is 2.82. The van der Waals surface area contributed by atoms with E-state index < -0.39 is 0 Å². The van der Waals surface area contributed by atoms with Gasteiger partial charge in [0.05, 0.1) is 15.7 Å². The number of halogens is 2. The highest BCUT2D eigenvalue weighted by Crippen LogP contribution is 2.32. The summed E-state index contributed by atoms with van der Waals surface area (Å²) in [6.07, 6.45) is 0. The number of likely N-dealkylation sites (N-methyl/N-ethyl adjacent to an activating group) is 2. The van der Waals surface area contributed by atoms with E-state index in [4.69, 9.17) is 23.2 Å². The third kappa shape index (κ3) is 3.55. The second-order valence-electron chi connectivity index (χ2n) is 3.96. The molecule has 0 bridgehead atoms. The predicted molar refractivity (Wildman–Crippen MR) is 72.9 cm³/mol. The van der Waals surface area contributed by atoms with Gasteiger partial charge in [-0.15, -0.1) is 0 Å². The van der Waals surface area contributed by atoms with E-state index in [1.807, 2.05) is 18.2 Å². The normalized spacial score (nSPS) is 10.9. The highest BCUT2D eigenvalue weighted by molar-refractivity contribution is 6.43. The van der Waals surface area contributed by atoms with Gasteiger partial charge in [-0.1, -0.05) is 29.3 Å². The molecule has 0 N–H and O–H groups in total. The second-order valence-corrected chi connectivity index (χ2v) is 4.74. The Labute approximate surface area is 108 Å². The molecule has 0 saturated heterocycles. The Morgan fingerprint density at radius 3 is 2.38 bits per heavy atom. The molecule has 90 valence electrons. The maximum Gasteiger partial charge on any atom is 0.0825 e. The molecule has 0 aliphatic heterocycles. The van der Waals surface area contributed by atoms with Gasteiger partial charge in [0, 0.05) is 19.6 Å². The summed E-state index contributed by atoms with van der Waals surface area (Å²) in [6.45, 7) is 4.99. The predicted octanol–water partition coefficient (Wildman–Crippen LogP) is 3.38. The molecule has 1 rings (SSSR count). The molecule has 16 heavy (non-hydrogen) atoms. The topological polar surface area (TPSA) is 6.48 Å². The Bertz CT molecular complexity index is 340. The number of hydrogen-bond donors (Lipinski definition) is 0. The monoisotopic (exact) mass is 260 g/mol. The van der Waals surface area contributed by atoms with E-state index in [1.54, 1.807) is 0 Å². The van der Waals surface area contributed by atoms with Crippen molar-refractivity contribution in [1.29, 1.82) is 0 Å². The van der Waals surface area contributed by atoms with E-state index in [-0.39, 0.29) is 0 Å². The molecule has 0 aliphatic carbocycles. The van der Waals surface area contributed by atoms with E-state index in [0.29, 0.717) is 10.0 Å². The van der Waals surface area contributed by atoms with E-state index in [0.717, 1.165) is 25.3 Å². The van der Waals surface area contributed by atoms with Crippen LogP contribution in [0, 0.1) is 0 Å². The zero-order valence-electron chi connectivity index (χ0n) is 10.0. The maximum atomic E-state index is 6.19. The first kappa shape index (κ1) is 13.6. The van der Waals surface area contributed by atoms with E-state index >= 15 is 0 Å². The van der Waals surface area contributed by atoms with Gasteiger partial charge in [0.25, 0.3) is 0 Å². The fourth-order valence-corrected chi connectivity index (χ4v) is 1.92. The molecule has 0 spiro atoms. The van der Waals surface area contributed by atoms with Gasteiger partial charge in [-0.05, 0) is 33.2 Å². The van der Waals surface area contributed by atoms with E-state index in [2.05, 4.69) is 30.8 Å². The molecule has 0 saturated carbocycles. The minimum Gasteiger partial charge on any atom is -0.369 e. The molecule has 2 nitrogen and oxygen atoms in total. The highest BCUT2D eigenvalue weighted by atomic mass is 35.5. The Morgan fingerprint density at radius 2 is 1.81 bits per heavy atom. The summed E-state index contributed by atoms with van der Waals surface area (Å²) in [7, 11) is 4.13. The van der Waals surface area contributed by atoms with Crippen LogP contribution in [0.2, 0.25) is 10.0 Å². The minimum absolute atomic E-state index is 0.613. The van der Waals surface area contributed by atoms with E-state index in [9.17, 15) is 0 Å². The maximum absolute atomic E-state index is 6.19. The Kier molecular flexibility index (Phi) is 5.39. The SMILES string of the molecule is CCN(CCN(C)C)c1cccc(Cl)c1Cl. The van der Waals surface area contributed by atoms with Crippen molar-refractivity contribution in [2.24, 2.45) is 0 Å². The summed E-state index contributed by atoms with van der Waals surface area (Å²) in [5.41, 5.74) is 1.01. The quantitative estimate of drug-likeness (QED) is 0.801. The third-order valence-corrected chi connectivity index (χ3v) is 3.28. The van der Waals surface area contributed by atoms with E-state index in [1.165, 1.54) is 0 Å². The van der Waals surface area contributed by atoms with Crippen LogP contribution >= 0.6 is 23.2 Å². The van der Waals surface area contributed by atoms with Crippen molar-refractivity contribution in [3.05, 3.63) is 28.2 Å². The zero-order chi connectivity index (χ0) is 12.1. The van der Waals surface area contributed by atoms with Gasteiger partial charge in [0.1, 0.15) is 0 Å². The molecule has 4 heteroatoms. The van der Waals surface area contributed by atoms with Gasteiger partial charge >= 0.3 is 0 Å². The molecule has 0 fully saturated rings. The summed E-state index contributed by atoms with van der Waals surface area (Å²) in [6, 6.07) is 5.75. The number of hydrogen-bond acceptors (Lipinski definition) is 2. The van der Waals surface area contributed by atoms with Crippen LogP contribution in [-0.2, 0) is 0 Å². The van der Waals surface area contributed by atoms with Gasteiger partial charge < -0.3 is 9.80 Å². The molecule has 0 unspecified atom stereocenters. The largest absolute Gasteiger partial charge is 0.369 e. The average Bonchev–Trinajstić information content (AvgIpc) is 2.24. The van der Waals surface area contributed by atoms with Crippen molar-refractivity contribution in [1.82, 2.24) is 4.90 Å². The van der Waals surface area contributed by atoms with Crippen molar-refractivity contribution in [3.8, 4) is 0 Å². The van der Waals surface area contributed by atoms with Crippen LogP contribution in [-0.4, -0.2) is 38.6 Å². The van der Waals surface area contributed by atoms with Gasteiger partial charge in [-0.2, -0.15) is 0 Å². The molecule has 0 heterocycles. The van der Waals surface area contributed by atoms with Gasteiger partial charge in [-0.3, -0.25) is 0 Å². The fraction of sp³-hybridized carbons (Fsp3) is 0.500. The fourth-order valence-electron chi connectivity index (χ4n) is 1.51. The van der Waals surface area contributed by atoms with Crippen molar-refractivity contribution >= 4 is 28.9 Å². The van der Waals surface area contributed by atoms with Crippen LogP contribution in [0.5, 0.6) is 0 Å². The number of rotatable bonds is 5. The lowest BCUT2D eigenvalue weighted by Gasteiger charge is -2.26. The van der Waals surface area contributed by atoms with Crippen LogP contribution in [0.1, 0.15) is 6.92 Å². The molecule has 0 aliphatic rings. The first-order chi connectivity index (χ1) is 7.56. The lowest BCUT2D eigenvalue weighted by atomic mass is 10.2. The third-order valence-electron chi connectivity index (χ3n) is 2.47. The first-order valence-corrected chi connectivity index (χ1v) is 6.15. The van der Waals surface area contributed by atoms with Gasteiger partial charge in [0.2, 0.25) is 0 Å². The number of benzene rings is 1. The van der Waals surface area contributed by atoms with Crippen LogP contribution < -0.4 is 4.90 Å². The zero-order valence-corrected chi connectivity index (χ0v) is 11.5. The summed E-state index contributed by atoms with van der Waals surface area (Å²) < 4.78 is 0. The van der Waals surface area contributed by atoms with Gasteiger partial charge in [0.15, 0.2) is 0 Å². The van der Waals surface area contributed by atoms with Crippen LogP contribution in [0.3, 0.4) is 0 Å². The average molecular weight is 261 g/mol. The summed E-state index contributed by atoms with van der Waals surface area (Å²) in [5, 5.41) is 1.26. The molecule has 0 aromatic heterocycles. The lowest BCUT2D eigenvalue weighted by Crippen LogP contribution is -2.31. The van der Waals surface area contributed by atoms with Crippen molar-refractivity contribution in [3.63, 3.8) is 0 Å². The van der Waals surface area contributed by atoms with Crippen molar-refractivity contribution in [2.45, 2.75) is 6.92 Å². The summed E-state index contributed by atoms with van der Waals surface area (Å²) >= 11 is 12.2. The smallest absolute Gasteiger partial charge is 0.0825 e. The molecule has 0 atom stereocenters. The molecule has 1 aromatic rings. The molecular formula is C12H18Cl2N2. The molecule has 0 radical (unpaired) electrons. The summed E-state index contributed by atoms with van der Waals surface area (Å²) in [4.78, 5) is 4.38. The molecule has 1 aromatic carbocycles. The van der Waals surface area contributed by atoms with Crippen molar-refractivity contribution in [2.75, 3.05) is 38.6 Å². The molecular weight excluding hydrogens is 243 g/mol. The van der Waals surface area contributed by atoms with Gasteiger partial charge in [-0.25, -0.2) is 0 Å². The Morgan fingerprint density at radius 1 is 1.12 bits per heavy atom. The van der Waals surface area contributed by atoms with Crippen LogP contribution in [0.15, 0.2) is 18.2 Å². The first-order valence-electron chi connectivity index (χ1n) is 5.40. The second kappa shape index (κ2) is 6.33. The minimum atomic E-state index is 0.613. The lowest BCUT2D eigenvalue weighted by molar-refractivity contribution is 0.414. The Hall–Kier alpha value is -0.440. The van der Waals surface area contributed by atoms with Crippen LogP contribution in [0.25, 0.3) is 0 Å².